The summed E-state index contributed by atoms with van der Waals surface area (Å²) in [6.45, 7) is 2.40. The van der Waals surface area contributed by atoms with E-state index >= 15 is 0 Å². The highest BCUT2D eigenvalue weighted by Gasteiger charge is 2.33. The van der Waals surface area contributed by atoms with Crippen LogP contribution in [0.3, 0.4) is 0 Å². The molecule has 0 amide bonds. The van der Waals surface area contributed by atoms with E-state index in [0.717, 1.165) is 67.5 Å². The number of fused-ring (bicyclic) bond motifs is 3. The first kappa shape index (κ1) is 17.2. The lowest BCUT2D eigenvalue weighted by molar-refractivity contribution is 0.113. The summed E-state index contributed by atoms with van der Waals surface area (Å²) in [6.07, 6.45) is 9.83. The average molecular weight is 362 g/mol. The van der Waals surface area contributed by atoms with Crippen molar-refractivity contribution < 1.29 is 9.84 Å². The molecule has 0 bridgehead atoms. The number of aliphatic hydroxyl groups is 1. The molecule has 1 fully saturated rings. The van der Waals surface area contributed by atoms with Gasteiger partial charge in [-0.3, -0.25) is 0 Å². The van der Waals surface area contributed by atoms with Gasteiger partial charge in [-0.05, 0) is 62.8 Å². The minimum atomic E-state index is -0.0172. The normalized spacial score (nSPS) is 29.1. The summed E-state index contributed by atoms with van der Waals surface area (Å²) in [4.78, 5) is 11.4. The fourth-order valence-electron chi connectivity index (χ4n) is 4.37. The van der Waals surface area contributed by atoms with E-state index in [1.807, 2.05) is 0 Å². The van der Waals surface area contributed by atoms with Gasteiger partial charge in [0.1, 0.15) is 17.3 Å². The van der Waals surface area contributed by atoms with Crippen LogP contribution in [0.15, 0.2) is 6.33 Å². The number of hydrogen-bond acceptors (Lipinski definition) is 6. The molecule has 2 aliphatic rings. The fraction of sp³-hybridized carbons (Fsp3) is 0.684. The maximum atomic E-state index is 9.39. The van der Waals surface area contributed by atoms with Gasteiger partial charge in [0.2, 0.25) is 5.88 Å². The molecular formula is C19H27N3O2S. The number of aliphatic hydroxyl groups excluding tert-OH is 1. The summed E-state index contributed by atoms with van der Waals surface area (Å²) in [5.41, 5.74) is 7.73. The minimum Gasteiger partial charge on any atom is -0.474 e. The van der Waals surface area contributed by atoms with Crippen LogP contribution in [0.4, 0.5) is 0 Å². The van der Waals surface area contributed by atoms with E-state index in [0.29, 0.717) is 5.92 Å². The summed E-state index contributed by atoms with van der Waals surface area (Å²) in [7, 11) is 0. The third-order valence-corrected chi connectivity index (χ3v) is 7.26. The maximum Gasteiger partial charge on any atom is 0.225 e. The van der Waals surface area contributed by atoms with E-state index in [1.54, 1.807) is 17.7 Å². The highest BCUT2D eigenvalue weighted by Crippen LogP contribution is 2.47. The first-order valence-corrected chi connectivity index (χ1v) is 10.3. The van der Waals surface area contributed by atoms with Crippen LogP contribution in [0.5, 0.6) is 5.88 Å². The second kappa shape index (κ2) is 6.82. The molecule has 0 radical (unpaired) electrons. The largest absolute Gasteiger partial charge is 0.474 e. The molecular weight excluding hydrogens is 334 g/mol. The summed E-state index contributed by atoms with van der Waals surface area (Å²) in [5, 5.41) is 10.5. The van der Waals surface area contributed by atoms with Crippen molar-refractivity contribution in [2.45, 2.75) is 75.9 Å². The number of rotatable bonds is 5. The van der Waals surface area contributed by atoms with Crippen LogP contribution in [0, 0.1) is 0 Å². The summed E-state index contributed by atoms with van der Waals surface area (Å²) >= 11 is 1.76. The lowest BCUT2D eigenvalue weighted by Gasteiger charge is -2.36. The van der Waals surface area contributed by atoms with Crippen LogP contribution < -0.4 is 10.5 Å². The second-order valence-electron chi connectivity index (χ2n) is 7.58. The zero-order valence-corrected chi connectivity index (χ0v) is 15.6. The number of ether oxygens (including phenoxy) is 1. The summed E-state index contributed by atoms with van der Waals surface area (Å²) in [6, 6.07) is 0. The molecule has 4 rings (SSSR count). The number of nitrogens with two attached hydrogens (primary N) is 1. The van der Waals surface area contributed by atoms with Crippen molar-refractivity contribution in [3.05, 3.63) is 16.8 Å². The molecule has 2 aromatic heterocycles. The topological polar surface area (TPSA) is 81.3 Å². The van der Waals surface area contributed by atoms with Crippen LogP contribution in [-0.2, 0) is 6.42 Å². The Kier molecular flexibility index (Phi) is 4.69. The molecule has 0 unspecified atom stereocenters. The van der Waals surface area contributed by atoms with E-state index in [2.05, 4.69) is 16.9 Å². The SMILES string of the molecule is CC[C@]1(N)CC[C@H](Oc2ncnc3sc4c(c23)[C@@H](CCO)CC4)CC1. The number of aromatic nitrogens is 2. The average Bonchev–Trinajstić information content (AvgIpc) is 3.18. The molecule has 5 nitrogen and oxygen atoms in total. The van der Waals surface area contributed by atoms with Crippen molar-refractivity contribution in [2.75, 3.05) is 6.61 Å². The standard InChI is InChI=1S/C19H27N3O2S/c1-2-19(20)8-5-13(6-9-19)24-17-16-15-12(7-10-23)3-4-14(15)25-18(16)22-11-21-17/h11-13,23H,2-10,20H2,1H3/t12-,13-,19-/m1/s1. The lowest BCUT2D eigenvalue weighted by Crippen LogP contribution is -2.44. The van der Waals surface area contributed by atoms with E-state index < -0.39 is 0 Å². The first-order chi connectivity index (χ1) is 12.1. The van der Waals surface area contributed by atoms with E-state index in [-0.39, 0.29) is 18.2 Å². The van der Waals surface area contributed by atoms with E-state index in [1.165, 1.54) is 10.4 Å². The monoisotopic (exact) mass is 361 g/mol. The number of nitrogens with zero attached hydrogens (tertiary/aromatic N) is 2. The molecule has 0 spiro atoms. The van der Waals surface area contributed by atoms with E-state index in [9.17, 15) is 5.11 Å². The van der Waals surface area contributed by atoms with Gasteiger partial charge in [-0.15, -0.1) is 11.3 Å². The quantitative estimate of drug-likeness (QED) is 0.851. The highest BCUT2D eigenvalue weighted by molar-refractivity contribution is 7.19. The molecule has 0 aromatic carbocycles. The van der Waals surface area contributed by atoms with Crippen molar-refractivity contribution in [3.8, 4) is 5.88 Å². The molecule has 1 saturated carbocycles. The van der Waals surface area contributed by atoms with E-state index in [4.69, 9.17) is 10.5 Å². The highest BCUT2D eigenvalue weighted by atomic mass is 32.1. The van der Waals surface area contributed by atoms with Gasteiger partial charge in [-0.1, -0.05) is 6.92 Å². The second-order valence-corrected chi connectivity index (χ2v) is 8.66. The molecule has 25 heavy (non-hydrogen) atoms. The summed E-state index contributed by atoms with van der Waals surface area (Å²) < 4.78 is 6.35. The lowest BCUT2D eigenvalue weighted by atomic mass is 9.79. The molecule has 2 aromatic rings. The van der Waals surface area contributed by atoms with Crippen LogP contribution in [-0.4, -0.2) is 33.3 Å². The third kappa shape index (κ3) is 3.15. The Hall–Kier alpha value is -1.24. The molecule has 0 saturated heterocycles. The minimum absolute atomic E-state index is 0.0172. The van der Waals surface area contributed by atoms with Gasteiger partial charge in [0.15, 0.2) is 0 Å². The first-order valence-electron chi connectivity index (χ1n) is 9.46. The molecule has 2 heterocycles. The molecule has 2 aliphatic carbocycles. The van der Waals surface area contributed by atoms with Crippen molar-refractivity contribution >= 4 is 21.6 Å². The molecule has 3 N–H and O–H groups in total. The Labute approximate surface area is 152 Å². The Morgan fingerprint density at radius 3 is 2.84 bits per heavy atom. The van der Waals surface area contributed by atoms with Gasteiger partial charge in [0.25, 0.3) is 0 Å². The van der Waals surface area contributed by atoms with Gasteiger partial charge in [0, 0.05) is 17.0 Å². The fourth-order valence-corrected chi connectivity index (χ4v) is 5.60. The van der Waals surface area contributed by atoms with Gasteiger partial charge in [-0.25, -0.2) is 9.97 Å². The van der Waals surface area contributed by atoms with Crippen molar-refractivity contribution in [1.82, 2.24) is 9.97 Å². The van der Waals surface area contributed by atoms with Crippen LogP contribution in [0.25, 0.3) is 10.2 Å². The van der Waals surface area contributed by atoms with Gasteiger partial charge in [-0.2, -0.15) is 0 Å². The summed E-state index contributed by atoms with van der Waals surface area (Å²) in [5.74, 6) is 1.14. The predicted molar refractivity (Wildman–Crippen MR) is 100 cm³/mol. The Balaban J connectivity index is 1.60. The van der Waals surface area contributed by atoms with Gasteiger partial charge >= 0.3 is 0 Å². The van der Waals surface area contributed by atoms with Crippen molar-refractivity contribution in [3.63, 3.8) is 0 Å². The van der Waals surface area contributed by atoms with Gasteiger partial charge in [0.05, 0.1) is 5.39 Å². The third-order valence-electron chi connectivity index (χ3n) is 6.08. The molecule has 136 valence electrons. The zero-order chi connectivity index (χ0) is 17.4. The number of aryl methyl sites for hydroxylation is 1. The molecule has 1 atom stereocenters. The van der Waals surface area contributed by atoms with Crippen LogP contribution >= 0.6 is 11.3 Å². The van der Waals surface area contributed by atoms with Crippen molar-refractivity contribution in [1.29, 1.82) is 0 Å². The molecule has 0 aliphatic heterocycles. The maximum absolute atomic E-state index is 9.39. The Morgan fingerprint density at radius 2 is 2.12 bits per heavy atom. The smallest absolute Gasteiger partial charge is 0.225 e. The Bertz CT molecular complexity index is 752. The molecule has 6 heteroatoms. The van der Waals surface area contributed by atoms with Crippen LogP contribution in [0.2, 0.25) is 0 Å². The zero-order valence-electron chi connectivity index (χ0n) is 14.8. The Morgan fingerprint density at radius 1 is 1.32 bits per heavy atom. The number of hydrogen-bond donors (Lipinski definition) is 2. The predicted octanol–water partition coefficient (Wildman–Crippen LogP) is 3.53. The van der Waals surface area contributed by atoms with Crippen LogP contribution in [0.1, 0.15) is 68.2 Å². The van der Waals surface area contributed by atoms with Crippen molar-refractivity contribution in [2.24, 2.45) is 5.73 Å². The van der Waals surface area contributed by atoms with Gasteiger partial charge < -0.3 is 15.6 Å². The number of thiophene rings is 1.